The molecule has 39 heavy (non-hydrogen) atoms. The zero-order valence-corrected chi connectivity index (χ0v) is 23.6. The number of ether oxygens (including phenoxy) is 1. The summed E-state index contributed by atoms with van der Waals surface area (Å²) in [6, 6.07) is 9.21. The summed E-state index contributed by atoms with van der Waals surface area (Å²) in [6.07, 6.45) is 0. The Hall–Kier alpha value is -3.14. The number of hydrogen-bond acceptors (Lipinski definition) is 5. The third-order valence-electron chi connectivity index (χ3n) is 6.98. The van der Waals surface area contributed by atoms with Crippen LogP contribution in [0.2, 0.25) is 10.0 Å². The number of urea groups is 1. The number of benzene rings is 2. The Kier molecular flexibility index (Phi) is 9.15. The Morgan fingerprint density at radius 2 is 1.82 bits per heavy atom. The van der Waals surface area contributed by atoms with Gasteiger partial charge in [-0.1, -0.05) is 35.3 Å². The van der Waals surface area contributed by atoms with Gasteiger partial charge in [0, 0.05) is 50.0 Å². The van der Waals surface area contributed by atoms with Crippen molar-refractivity contribution in [1.82, 2.24) is 20.0 Å². The van der Waals surface area contributed by atoms with Gasteiger partial charge in [-0.2, -0.15) is 0 Å². The monoisotopic (exact) mass is 576 g/mol. The Bertz CT molecular complexity index is 1290. The molecule has 1 N–H and O–H groups in total. The highest BCUT2D eigenvalue weighted by atomic mass is 35.5. The second-order valence-electron chi connectivity index (χ2n) is 9.44. The van der Waals surface area contributed by atoms with E-state index in [0.717, 1.165) is 0 Å². The van der Waals surface area contributed by atoms with Gasteiger partial charge in [-0.05, 0) is 56.7 Å². The minimum absolute atomic E-state index is 0.159. The van der Waals surface area contributed by atoms with Crippen molar-refractivity contribution in [2.75, 3.05) is 39.3 Å². The molecular formula is C28H31Cl2FN4O4. The highest BCUT2D eigenvalue weighted by Gasteiger charge is 2.40. The van der Waals surface area contributed by atoms with Crippen LogP contribution in [0, 0.1) is 5.82 Å². The molecule has 2 aromatic carbocycles. The molecule has 0 radical (unpaired) electrons. The van der Waals surface area contributed by atoms with Crippen molar-refractivity contribution in [3.05, 3.63) is 80.7 Å². The Labute approximate surface area is 237 Å². The first-order chi connectivity index (χ1) is 18.7. The van der Waals surface area contributed by atoms with E-state index < -0.39 is 17.8 Å². The van der Waals surface area contributed by atoms with E-state index in [0.29, 0.717) is 53.6 Å². The minimum Gasteiger partial charge on any atom is -0.463 e. The van der Waals surface area contributed by atoms with Gasteiger partial charge in [0.1, 0.15) is 5.82 Å². The number of amides is 3. The lowest BCUT2D eigenvalue weighted by Crippen LogP contribution is -2.56. The number of carbonyl (C=O) groups excluding carboxylic acids is 3. The lowest BCUT2D eigenvalue weighted by molar-refractivity contribution is -0.139. The molecule has 1 saturated heterocycles. The van der Waals surface area contributed by atoms with Crippen molar-refractivity contribution in [2.45, 2.75) is 32.9 Å². The highest BCUT2D eigenvalue weighted by Crippen LogP contribution is 2.38. The summed E-state index contributed by atoms with van der Waals surface area (Å²) in [4.78, 5) is 45.0. The van der Waals surface area contributed by atoms with Crippen molar-refractivity contribution in [3.63, 3.8) is 0 Å². The quantitative estimate of drug-likeness (QED) is 0.475. The van der Waals surface area contributed by atoms with E-state index in [1.807, 2.05) is 13.8 Å². The topological polar surface area (TPSA) is 82.2 Å². The number of piperazine rings is 1. The molecule has 4 rings (SSSR count). The second kappa shape index (κ2) is 12.4. The van der Waals surface area contributed by atoms with Crippen LogP contribution >= 0.6 is 23.2 Å². The lowest BCUT2D eigenvalue weighted by Gasteiger charge is -2.43. The molecule has 0 saturated carbocycles. The molecule has 0 aliphatic carbocycles. The predicted octanol–water partition coefficient (Wildman–Crippen LogP) is 4.88. The molecule has 2 aliphatic rings. The number of hydrogen-bond donors (Lipinski definition) is 1. The van der Waals surface area contributed by atoms with Crippen molar-refractivity contribution >= 4 is 41.1 Å². The van der Waals surface area contributed by atoms with E-state index in [-0.39, 0.29) is 36.2 Å². The second-order valence-corrected chi connectivity index (χ2v) is 10.2. The predicted molar refractivity (Wildman–Crippen MR) is 147 cm³/mol. The summed E-state index contributed by atoms with van der Waals surface area (Å²) in [7, 11) is 0. The van der Waals surface area contributed by atoms with Gasteiger partial charge in [-0.25, -0.2) is 14.0 Å². The fraction of sp³-hybridized carbons (Fsp3) is 0.393. The van der Waals surface area contributed by atoms with Gasteiger partial charge in [-0.3, -0.25) is 14.6 Å². The molecule has 2 unspecified atom stereocenters. The molecular weight excluding hydrogens is 546 g/mol. The molecule has 2 aromatic rings. The average molecular weight is 577 g/mol. The minimum atomic E-state index is -0.848. The summed E-state index contributed by atoms with van der Waals surface area (Å²) in [5.74, 6) is -1.12. The van der Waals surface area contributed by atoms with Gasteiger partial charge in [0.15, 0.2) is 0 Å². The molecule has 2 atom stereocenters. The van der Waals surface area contributed by atoms with Crippen LogP contribution in [-0.2, 0) is 9.53 Å². The van der Waals surface area contributed by atoms with Crippen LogP contribution in [0.5, 0.6) is 0 Å². The fourth-order valence-corrected chi connectivity index (χ4v) is 5.50. The van der Waals surface area contributed by atoms with Crippen LogP contribution in [0.15, 0.2) is 53.7 Å². The van der Waals surface area contributed by atoms with Gasteiger partial charge in [-0.15, -0.1) is 0 Å². The highest BCUT2D eigenvalue weighted by molar-refractivity contribution is 6.42. The average Bonchev–Trinajstić information content (AvgIpc) is 2.90. The Balaban J connectivity index is 1.65. The molecule has 2 heterocycles. The molecule has 11 heteroatoms. The van der Waals surface area contributed by atoms with Crippen LogP contribution in [0.25, 0.3) is 0 Å². The van der Waals surface area contributed by atoms with Gasteiger partial charge >= 0.3 is 12.0 Å². The zero-order chi connectivity index (χ0) is 28.3. The number of esters is 1. The maximum absolute atomic E-state index is 13.4. The first-order valence-corrected chi connectivity index (χ1v) is 13.6. The van der Waals surface area contributed by atoms with Gasteiger partial charge in [0.25, 0.3) is 5.91 Å². The SMILES string of the molecule is CCOC(=O)C1=C(CN2CCN(C(=O)c3ccc(F)cc3)C(C)C2)N(CC)C(=O)NC1c1cccc(Cl)c1Cl. The van der Waals surface area contributed by atoms with Crippen molar-refractivity contribution in [3.8, 4) is 0 Å². The first-order valence-electron chi connectivity index (χ1n) is 12.9. The van der Waals surface area contributed by atoms with E-state index in [1.54, 1.807) is 30.0 Å². The first kappa shape index (κ1) is 28.9. The van der Waals surface area contributed by atoms with Crippen LogP contribution in [0.1, 0.15) is 42.7 Å². The molecule has 0 spiro atoms. The molecule has 208 valence electrons. The number of nitrogens with zero attached hydrogens (tertiary/aromatic N) is 3. The van der Waals surface area contributed by atoms with Gasteiger partial charge in [0.2, 0.25) is 0 Å². The molecule has 8 nitrogen and oxygen atoms in total. The van der Waals surface area contributed by atoms with E-state index in [2.05, 4.69) is 10.2 Å². The van der Waals surface area contributed by atoms with E-state index in [9.17, 15) is 18.8 Å². The molecule has 3 amide bonds. The summed E-state index contributed by atoms with van der Waals surface area (Å²) < 4.78 is 18.8. The van der Waals surface area contributed by atoms with Crippen LogP contribution in [0.3, 0.4) is 0 Å². The van der Waals surface area contributed by atoms with Crippen LogP contribution in [0.4, 0.5) is 9.18 Å². The summed E-state index contributed by atoms with van der Waals surface area (Å²) in [5.41, 5.74) is 1.73. The summed E-state index contributed by atoms with van der Waals surface area (Å²) >= 11 is 12.8. The van der Waals surface area contributed by atoms with Crippen molar-refractivity contribution in [1.29, 1.82) is 0 Å². The number of carbonyl (C=O) groups is 3. The Morgan fingerprint density at radius 1 is 1.10 bits per heavy atom. The third kappa shape index (κ3) is 6.05. The van der Waals surface area contributed by atoms with Crippen LogP contribution < -0.4 is 5.32 Å². The fourth-order valence-electron chi connectivity index (χ4n) is 5.08. The smallest absolute Gasteiger partial charge is 0.338 e. The number of nitrogens with one attached hydrogen (secondary N) is 1. The normalized spacial score (nSPS) is 20.2. The zero-order valence-electron chi connectivity index (χ0n) is 22.0. The van der Waals surface area contributed by atoms with Crippen molar-refractivity contribution < 1.29 is 23.5 Å². The number of rotatable bonds is 7. The third-order valence-corrected chi connectivity index (χ3v) is 7.81. The number of likely N-dealkylation sites (N-methyl/N-ethyl adjacent to an activating group) is 1. The maximum atomic E-state index is 13.4. The standard InChI is InChI=1S/C28H31Cl2FN4O4/c1-4-34-22(16-33-13-14-35(17(3)15-33)26(36)18-9-11-19(31)12-10-18)23(27(37)39-5-2)25(32-28(34)38)20-7-6-8-21(29)24(20)30/h6-12,17,25H,4-5,13-16H2,1-3H3,(H,32,38). The summed E-state index contributed by atoms with van der Waals surface area (Å²) in [6.45, 7) is 7.72. The van der Waals surface area contributed by atoms with Gasteiger partial charge in [0.05, 0.1) is 28.3 Å². The molecule has 0 bridgehead atoms. The van der Waals surface area contributed by atoms with Crippen molar-refractivity contribution in [2.24, 2.45) is 0 Å². The molecule has 0 aromatic heterocycles. The largest absolute Gasteiger partial charge is 0.463 e. The lowest BCUT2D eigenvalue weighted by atomic mass is 9.93. The molecule has 2 aliphatic heterocycles. The van der Waals surface area contributed by atoms with Crippen LogP contribution in [-0.4, -0.2) is 78.0 Å². The Morgan fingerprint density at radius 3 is 2.46 bits per heavy atom. The number of halogens is 3. The summed E-state index contributed by atoms with van der Waals surface area (Å²) in [5, 5.41) is 3.45. The maximum Gasteiger partial charge on any atom is 0.338 e. The van der Waals surface area contributed by atoms with Gasteiger partial charge < -0.3 is 15.0 Å². The van der Waals surface area contributed by atoms with E-state index >= 15 is 0 Å². The van der Waals surface area contributed by atoms with E-state index in [4.69, 9.17) is 27.9 Å². The molecule has 1 fully saturated rings. The van der Waals surface area contributed by atoms with E-state index in [1.165, 1.54) is 29.2 Å².